The zero-order chi connectivity index (χ0) is 19.2. The number of nitrogens with zero attached hydrogens (tertiary/aromatic N) is 1. The summed E-state index contributed by atoms with van der Waals surface area (Å²) in [5, 5.41) is 2.81. The van der Waals surface area contributed by atoms with Gasteiger partial charge in [-0.05, 0) is 25.5 Å². The fraction of sp³-hybridized carbons (Fsp3) is 0.286. The normalized spacial score (nSPS) is 21.0. The Labute approximate surface area is 157 Å². The molecule has 27 heavy (non-hydrogen) atoms. The van der Waals surface area contributed by atoms with Crippen LogP contribution in [0.2, 0.25) is 0 Å². The van der Waals surface area contributed by atoms with Crippen LogP contribution in [0.15, 0.2) is 42.5 Å². The van der Waals surface area contributed by atoms with Crippen molar-refractivity contribution in [2.45, 2.75) is 25.8 Å². The summed E-state index contributed by atoms with van der Waals surface area (Å²) in [6.07, 6.45) is 0.336. The minimum absolute atomic E-state index is 0.256. The SMILES string of the molecule is Cc1ccc(C(=O)CN2C(=O)N[C@@]3(CCOc4ccccc43)C2=O)c(C)c1. The van der Waals surface area contributed by atoms with Crippen LogP contribution < -0.4 is 10.1 Å². The van der Waals surface area contributed by atoms with Crippen molar-refractivity contribution in [3.05, 3.63) is 64.7 Å². The predicted molar refractivity (Wildman–Crippen MR) is 98.7 cm³/mol. The molecule has 2 heterocycles. The zero-order valence-corrected chi connectivity index (χ0v) is 15.2. The molecule has 4 rings (SSSR count). The first-order chi connectivity index (χ1) is 12.9. The molecule has 6 nitrogen and oxygen atoms in total. The zero-order valence-electron chi connectivity index (χ0n) is 15.2. The predicted octanol–water partition coefficient (Wildman–Crippen LogP) is 2.72. The van der Waals surface area contributed by atoms with Gasteiger partial charge in [-0.15, -0.1) is 0 Å². The fourth-order valence-corrected chi connectivity index (χ4v) is 3.87. The van der Waals surface area contributed by atoms with E-state index in [1.807, 2.05) is 32.0 Å². The molecule has 3 amide bonds. The van der Waals surface area contributed by atoms with Crippen LogP contribution in [0.25, 0.3) is 0 Å². The molecular formula is C21H20N2O4. The lowest BCUT2D eigenvalue weighted by Crippen LogP contribution is -2.47. The molecule has 1 atom stereocenters. The van der Waals surface area contributed by atoms with E-state index in [1.54, 1.807) is 24.3 Å². The van der Waals surface area contributed by atoms with E-state index < -0.39 is 17.5 Å². The molecule has 0 aliphatic carbocycles. The van der Waals surface area contributed by atoms with Crippen LogP contribution in [-0.2, 0) is 10.3 Å². The summed E-state index contributed by atoms with van der Waals surface area (Å²) >= 11 is 0. The number of hydrogen-bond acceptors (Lipinski definition) is 4. The van der Waals surface area contributed by atoms with E-state index in [9.17, 15) is 14.4 Å². The quantitative estimate of drug-likeness (QED) is 0.671. The molecule has 1 N–H and O–H groups in total. The molecule has 0 unspecified atom stereocenters. The number of para-hydroxylation sites is 1. The highest BCUT2D eigenvalue weighted by molar-refractivity contribution is 6.12. The third-order valence-corrected chi connectivity index (χ3v) is 5.24. The minimum Gasteiger partial charge on any atom is -0.493 e. The topological polar surface area (TPSA) is 75.7 Å². The molecule has 2 aromatic carbocycles. The molecule has 2 aromatic rings. The van der Waals surface area contributed by atoms with Gasteiger partial charge in [0.05, 0.1) is 13.2 Å². The largest absolute Gasteiger partial charge is 0.493 e. The first-order valence-electron chi connectivity index (χ1n) is 8.89. The number of fused-ring (bicyclic) bond motifs is 2. The molecule has 1 saturated heterocycles. The van der Waals surface area contributed by atoms with E-state index in [0.29, 0.717) is 29.9 Å². The van der Waals surface area contributed by atoms with Crippen LogP contribution in [0.4, 0.5) is 4.79 Å². The van der Waals surface area contributed by atoms with Crippen molar-refractivity contribution in [2.75, 3.05) is 13.2 Å². The molecular weight excluding hydrogens is 344 g/mol. The van der Waals surface area contributed by atoms with Crippen molar-refractivity contribution in [3.8, 4) is 5.75 Å². The second kappa shape index (κ2) is 6.23. The molecule has 0 bridgehead atoms. The number of imide groups is 1. The Kier molecular flexibility index (Phi) is 3.98. The van der Waals surface area contributed by atoms with Gasteiger partial charge >= 0.3 is 6.03 Å². The number of carbonyl (C=O) groups is 3. The third kappa shape index (κ3) is 2.68. The van der Waals surface area contributed by atoms with Crippen molar-refractivity contribution in [2.24, 2.45) is 0 Å². The number of rotatable bonds is 3. The van der Waals surface area contributed by atoms with Crippen molar-refractivity contribution in [3.63, 3.8) is 0 Å². The van der Waals surface area contributed by atoms with Crippen LogP contribution in [0.1, 0.15) is 33.5 Å². The number of Topliss-reactive ketones (excluding diaryl/α,β-unsaturated/α-hetero) is 1. The Hall–Kier alpha value is -3.15. The maximum Gasteiger partial charge on any atom is 0.325 e. The van der Waals surface area contributed by atoms with Gasteiger partial charge in [-0.1, -0.05) is 42.0 Å². The molecule has 2 aliphatic heterocycles. The monoisotopic (exact) mass is 364 g/mol. The van der Waals surface area contributed by atoms with E-state index in [0.717, 1.165) is 16.0 Å². The minimum atomic E-state index is -1.16. The molecule has 0 aromatic heterocycles. The Morgan fingerprint density at radius 2 is 1.96 bits per heavy atom. The lowest BCUT2D eigenvalue weighted by molar-refractivity contribution is -0.132. The van der Waals surface area contributed by atoms with Gasteiger partial charge in [0.1, 0.15) is 5.75 Å². The van der Waals surface area contributed by atoms with Gasteiger partial charge in [0, 0.05) is 17.5 Å². The van der Waals surface area contributed by atoms with E-state index in [1.165, 1.54) is 0 Å². The number of urea groups is 1. The van der Waals surface area contributed by atoms with Gasteiger partial charge in [0.2, 0.25) is 0 Å². The molecule has 138 valence electrons. The number of ether oxygens (including phenoxy) is 1. The van der Waals surface area contributed by atoms with Crippen molar-refractivity contribution in [1.82, 2.24) is 10.2 Å². The summed E-state index contributed by atoms with van der Waals surface area (Å²) in [5.41, 5.74) is 1.88. The lowest BCUT2D eigenvalue weighted by Gasteiger charge is -2.33. The first kappa shape index (κ1) is 17.3. The number of benzene rings is 2. The molecule has 2 aliphatic rings. The molecule has 0 saturated carbocycles. The molecule has 1 fully saturated rings. The van der Waals surface area contributed by atoms with Crippen molar-refractivity contribution < 1.29 is 19.1 Å². The Morgan fingerprint density at radius 1 is 1.19 bits per heavy atom. The fourth-order valence-electron chi connectivity index (χ4n) is 3.87. The maximum atomic E-state index is 13.2. The van der Waals surface area contributed by atoms with Crippen LogP contribution in [0.5, 0.6) is 5.75 Å². The van der Waals surface area contributed by atoms with E-state index in [-0.39, 0.29) is 12.3 Å². The van der Waals surface area contributed by atoms with Gasteiger partial charge in [0.25, 0.3) is 5.91 Å². The molecule has 0 radical (unpaired) electrons. The number of nitrogens with one attached hydrogen (secondary N) is 1. The van der Waals surface area contributed by atoms with Crippen LogP contribution >= 0.6 is 0 Å². The number of amides is 3. The number of ketones is 1. The smallest absolute Gasteiger partial charge is 0.325 e. The number of hydrogen-bond donors (Lipinski definition) is 1. The van der Waals surface area contributed by atoms with Gasteiger partial charge in [-0.2, -0.15) is 0 Å². The maximum absolute atomic E-state index is 13.2. The summed E-state index contributed by atoms with van der Waals surface area (Å²) in [4.78, 5) is 39.5. The van der Waals surface area contributed by atoms with E-state index in [2.05, 4.69) is 5.32 Å². The Bertz CT molecular complexity index is 968. The summed E-state index contributed by atoms with van der Waals surface area (Å²) in [6.45, 7) is 3.84. The third-order valence-electron chi connectivity index (χ3n) is 5.24. The summed E-state index contributed by atoms with van der Waals surface area (Å²) in [6, 6.07) is 12.1. The van der Waals surface area contributed by atoms with Gasteiger partial charge in [-0.25, -0.2) is 4.79 Å². The average Bonchev–Trinajstić information content (AvgIpc) is 2.87. The lowest BCUT2D eigenvalue weighted by atomic mass is 9.84. The van der Waals surface area contributed by atoms with Crippen molar-refractivity contribution in [1.29, 1.82) is 0 Å². The summed E-state index contributed by atoms with van der Waals surface area (Å²) in [7, 11) is 0. The Balaban J connectivity index is 1.64. The summed E-state index contributed by atoms with van der Waals surface area (Å²) < 4.78 is 5.62. The molecule has 6 heteroatoms. The van der Waals surface area contributed by atoms with Crippen LogP contribution in [0, 0.1) is 13.8 Å². The number of carbonyl (C=O) groups excluding carboxylic acids is 3. The van der Waals surface area contributed by atoms with Crippen LogP contribution in [-0.4, -0.2) is 35.8 Å². The average molecular weight is 364 g/mol. The van der Waals surface area contributed by atoms with E-state index >= 15 is 0 Å². The highest BCUT2D eigenvalue weighted by Gasteiger charge is 2.55. The second-order valence-corrected chi connectivity index (χ2v) is 7.06. The van der Waals surface area contributed by atoms with Gasteiger partial charge in [0.15, 0.2) is 11.3 Å². The van der Waals surface area contributed by atoms with Crippen LogP contribution in [0.3, 0.4) is 0 Å². The Morgan fingerprint density at radius 3 is 2.74 bits per heavy atom. The standard InChI is InChI=1S/C21H20N2O4/c1-13-7-8-15(14(2)11-13)17(24)12-23-19(25)21(22-20(23)26)9-10-27-18-6-4-3-5-16(18)21/h3-8,11H,9-10,12H2,1-2H3,(H,22,26)/t21-/m1/s1. The molecule has 1 spiro atoms. The van der Waals surface area contributed by atoms with Gasteiger partial charge < -0.3 is 10.1 Å². The highest BCUT2D eigenvalue weighted by Crippen LogP contribution is 2.40. The van der Waals surface area contributed by atoms with Gasteiger partial charge in [-0.3, -0.25) is 14.5 Å². The first-order valence-corrected chi connectivity index (χ1v) is 8.89. The van der Waals surface area contributed by atoms with Crippen molar-refractivity contribution >= 4 is 17.7 Å². The van der Waals surface area contributed by atoms with E-state index in [4.69, 9.17) is 4.74 Å². The summed E-state index contributed by atoms with van der Waals surface area (Å²) in [5.74, 6) is -0.0743. The second-order valence-electron chi connectivity index (χ2n) is 7.06. The highest BCUT2D eigenvalue weighted by atomic mass is 16.5. The number of aryl methyl sites for hydroxylation is 2.